The molecule has 1 fully saturated rings. The molecule has 1 aliphatic heterocycles. The molecule has 0 spiro atoms. The summed E-state index contributed by atoms with van der Waals surface area (Å²) in [6.45, 7) is 3.78. The minimum atomic E-state index is -0.618. The fourth-order valence-corrected chi connectivity index (χ4v) is 3.84. The molecule has 1 saturated heterocycles. The summed E-state index contributed by atoms with van der Waals surface area (Å²) in [4.78, 5) is 25.4. The lowest BCUT2D eigenvalue weighted by Gasteiger charge is -2.29. The largest absolute Gasteiger partial charge is 0.527 e. The van der Waals surface area contributed by atoms with E-state index >= 15 is 0 Å². The molecule has 3 aromatic rings. The van der Waals surface area contributed by atoms with E-state index in [1.165, 1.54) is 11.1 Å². The number of nitrogens with one attached hydrogen (secondary N) is 1. The van der Waals surface area contributed by atoms with Gasteiger partial charge in [0.15, 0.2) is 0 Å². The van der Waals surface area contributed by atoms with Gasteiger partial charge in [-0.05, 0) is 30.4 Å². The highest BCUT2D eigenvalue weighted by molar-refractivity contribution is 5.68. The third-order valence-electron chi connectivity index (χ3n) is 5.58. The first kappa shape index (κ1) is 21.1. The van der Waals surface area contributed by atoms with Crippen molar-refractivity contribution in [1.82, 2.24) is 15.0 Å². The van der Waals surface area contributed by atoms with Crippen LogP contribution in [0.25, 0.3) is 22.4 Å². The minimum Gasteiger partial charge on any atom is -0.433 e. The van der Waals surface area contributed by atoms with Crippen LogP contribution in [0.4, 0.5) is 4.79 Å². The van der Waals surface area contributed by atoms with Crippen molar-refractivity contribution >= 4 is 6.16 Å². The van der Waals surface area contributed by atoms with Crippen molar-refractivity contribution in [1.29, 1.82) is 0 Å². The summed E-state index contributed by atoms with van der Waals surface area (Å²) in [7, 11) is 0. The van der Waals surface area contributed by atoms with Gasteiger partial charge in [-0.3, -0.25) is 0 Å². The monoisotopic (exact) mass is 419 g/mol. The second-order valence-corrected chi connectivity index (χ2v) is 7.88. The van der Waals surface area contributed by atoms with Crippen molar-refractivity contribution in [3.05, 3.63) is 66.6 Å². The summed E-state index contributed by atoms with van der Waals surface area (Å²) < 4.78 is 5.10. The third-order valence-corrected chi connectivity index (χ3v) is 5.58. The van der Waals surface area contributed by atoms with Crippen molar-refractivity contribution < 1.29 is 14.4 Å². The van der Waals surface area contributed by atoms with E-state index in [4.69, 9.17) is 14.6 Å². The number of aromatic nitrogens is 2. The van der Waals surface area contributed by atoms with Gasteiger partial charge in [0.25, 0.3) is 0 Å². The number of hydrogen-bond donors (Lipinski definition) is 1. The zero-order chi connectivity index (χ0) is 21.5. The van der Waals surface area contributed by atoms with E-state index in [0.717, 1.165) is 42.8 Å². The van der Waals surface area contributed by atoms with Crippen LogP contribution >= 0.6 is 0 Å². The molecule has 162 valence electrons. The maximum atomic E-state index is 11.8. The Labute approximate surface area is 183 Å². The van der Waals surface area contributed by atoms with Crippen LogP contribution in [0.5, 0.6) is 0 Å². The quantitative estimate of drug-likeness (QED) is 0.388. The molecule has 0 saturated carbocycles. The Balaban J connectivity index is 1.37. The maximum Gasteiger partial charge on any atom is 0.527 e. The number of piperidine rings is 1. The molecular weight excluding hydrogens is 390 g/mol. The normalized spacial score (nSPS) is 16.7. The fourth-order valence-electron chi connectivity index (χ4n) is 3.84. The van der Waals surface area contributed by atoms with Gasteiger partial charge in [-0.2, -0.15) is 0 Å². The first-order valence-electron chi connectivity index (χ1n) is 11.0. The topological polar surface area (TPSA) is 67.5 Å². The minimum absolute atomic E-state index is 0.189. The van der Waals surface area contributed by atoms with Gasteiger partial charge in [0.1, 0.15) is 5.82 Å². The summed E-state index contributed by atoms with van der Waals surface area (Å²) in [6, 6.07) is 18.8. The summed E-state index contributed by atoms with van der Waals surface area (Å²) in [5.41, 5.74) is 4.38. The van der Waals surface area contributed by atoms with E-state index in [1.807, 2.05) is 24.4 Å². The van der Waals surface area contributed by atoms with Gasteiger partial charge in [0, 0.05) is 30.8 Å². The van der Waals surface area contributed by atoms with Gasteiger partial charge < -0.3 is 14.6 Å². The molecular formula is C25H29N3O3. The number of hydrogen-bond acceptors (Lipinski definition) is 5. The molecule has 4 rings (SSSR count). The standard InChI is InChI=1S/C25H29N3O3/c1-2-3-16-30-25(29)31-28-15-7-10-22(18-28)24-26-17-23(27-24)21-13-11-20(12-14-21)19-8-5-4-6-9-19/h4-6,8-9,11-14,17,22H,2-3,7,10,15-16,18H2,1H3,(H,26,27). The molecule has 1 atom stereocenters. The van der Waals surface area contributed by atoms with Crippen molar-refractivity contribution in [2.75, 3.05) is 19.7 Å². The van der Waals surface area contributed by atoms with Crippen LogP contribution in [0.1, 0.15) is 44.3 Å². The summed E-state index contributed by atoms with van der Waals surface area (Å²) in [6.07, 6.45) is 5.10. The second kappa shape index (κ2) is 10.3. The molecule has 1 aliphatic rings. The number of aromatic amines is 1. The highest BCUT2D eigenvalue weighted by atomic mass is 16.8. The lowest BCUT2D eigenvalue weighted by atomic mass is 9.99. The lowest BCUT2D eigenvalue weighted by molar-refractivity contribution is -0.141. The van der Waals surface area contributed by atoms with Crippen LogP contribution in [-0.4, -0.2) is 40.9 Å². The van der Waals surface area contributed by atoms with Gasteiger partial charge in [-0.25, -0.2) is 9.78 Å². The van der Waals surface area contributed by atoms with Crippen molar-refractivity contribution in [2.45, 2.75) is 38.5 Å². The molecule has 1 N–H and O–H groups in total. The third kappa shape index (κ3) is 5.52. The van der Waals surface area contributed by atoms with Crippen LogP contribution in [0.2, 0.25) is 0 Å². The number of hydroxylamine groups is 2. The molecule has 6 nitrogen and oxygen atoms in total. The number of carbonyl (C=O) groups excluding carboxylic acids is 1. The lowest BCUT2D eigenvalue weighted by Crippen LogP contribution is -2.36. The van der Waals surface area contributed by atoms with E-state index in [1.54, 1.807) is 5.06 Å². The smallest absolute Gasteiger partial charge is 0.433 e. The summed E-state index contributed by atoms with van der Waals surface area (Å²) in [5.74, 6) is 1.12. The van der Waals surface area contributed by atoms with E-state index in [2.05, 4.69) is 48.3 Å². The van der Waals surface area contributed by atoms with Gasteiger partial charge in [0.05, 0.1) is 12.3 Å². The van der Waals surface area contributed by atoms with Crippen LogP contribution in [0, 0.1) is 0 Å². The van der Waals surface area contributed by atoms with Crippen LogP contribution < -0.4 is 0 Å². The van der Waals surface area contributed by atoms with Gasteiger partial charge in [-0.1, -0.05) is 67.9 Å². The summed E-state index contributed by atoms with van der Waals surface area (Å²) in [5, 5.41) is 1.69. The average molecular weight is 420 g/mol. The zero-order valence-electron chi connectivity index (χ0n) is 17.9. The van der Waals surface area contributed by atoms with E-state index in [-0.39, 0.29) is 5.92 Å². The predicted octanol–water partition coefficient (Wildman–Crippen LogP) is 5.79. The SMILES string of the molecule is CCCCOC(=O)ON1CCCC(c2nc(-c3ccc(-c4ccccc4)cc3)c[nH]2)C1. The Morgan fingerprint density at radius 2 is 1.84 bits per heavy atom. The molecule has 31 heavy (non-hydrogen) atoms. The van der Waals surface area contributed by atoms with Gasteiger partial charge >= 0.3 is 6.16 Å². The number of H-pyrrole nitrogens is 1. The maximum absolute atomic E-state index is 11.8. The Morgan fingerprint density at radius 1 is 1.10 bits per heavy atom. The van der Waals surface area contributed by atoms with E-state index < -0.39 is 6.16 Å². The molecule has 1 unspecified atom stereocenters. The Morgan fingerprint density at radius 3 is 2.61 bits per heavy atom. The Hall–Kier alpha value is -3.12. The molecule has 0 amide bonds. The van der Waals surface area contributed by atoms with Crippen LogP contribution in [0.15, 0.2) is 60.8 Å². The second-order valence-electron chi connectivity index (χ2n) is 7.88. The number of rotatable bonds is 7. The van der Waals surface area contributed by atoms with Gasteiger partial charge in [-0.15, -0.1) is 5.06 Å². The summed E-state index contributed by atoms with van der Waals surface area (Å²) >= 11 is 0. The number of carbonyl (C=O) groups is 1. The highest BCUT2D eigenvalue weighted by Crippen LogP contribution is 2.28. The van der Waals surface area contributed by atoms with Crippen molar-refractivity contribution in [3.63, 3.8) is 0 Å². The number of nitrogens with zero attached hydrogens (tertiary/aromatic N) is 2. The number of benzene rings is 2. The number of ether oxygens (including phenoxy) is 1. The number of imidazole rings is 1. The van der Waals surface area contributed by atoms with Gasteiger partial charge in [0.2, 0.25) is 0 Å². The van der Waals surface area contributed by atoms with Crippen LogP contribution in [-0.2, 0) is 9.57 Å². The molecule has 2 heterocycles. The first-order valence-corrected chi connectivity index (χ1v) is 11.0. The Kier molecular flexibility index (Phi) is 6.99. The molecule has 1 aromatic heterocycles. The van der Waals surface area contributed by atoms with E-state index in [9.17, 15) is 4.79 Å². The predicted molar refractivity (Wildman–Crippen MR) is 120 cm³/mol. The number of unbranched alkanes of at least 4 members (excludes halogenated alkanes) is 1. The zero-order valence-corrected chi connectivity index (χ0v) is 17.9. The molecule has 2 aromatic carbocycles. The molecule has 0 bridgehead atoms. The fraction of sp³-hybridized carbons (Fsp3) is 0.360. The van der Waals surface area contributed by atoms with Crippen LogP contribution in [0.3, 0.4) is 0 Å². The molecule has 0 aliphatic carbocycles. The van der Waals surface area contributed by atoms with Crippen molar-refractivity contribution in [3.8, 4) is 22.4 Å². The molecule has 0 radical (unpaired) electrons. The highest BCUT2D eigenvalue weighted by Gasteiger charge is 2.26. The Bertz CT molecular complexity index is 969. The average Bonchev–Trinajstić information content (AvgIpc) is 3.31. The van der Waals surface area contributed by atoms with Crippen molar-refractivity contribution in [2.24, 2.45) is 0 Å². The first-order chi connectivity index (χ1) is 15.2. The van der Waals surface area contributed by atoms with E-state index in [0.29, 0.717) is 19.7 Å². The molecule has 6 heteroatoms.